The summed E-state index contributed by atoms with van der Waals surface area (Å²) in [5.41, 5.74) is 2.17. The summed E-state index contributed by atoms with van der Waals surface area (Å²) in [7, 11) is 3.17. The van der Waals surface area contributed by atoms with Gasteiger partial charge in [-0.1, -0.05) is 48.5 Å². The molecule has 0 saturated carbocycles. The number of hydrogen-bond acceptors (Lipinski definition) is 8. The molecule has 0 atom stereocenters. The number of carboxylic acid groups (broad SMARTS) is 1. The van der Waals surface area contributed by atoms with Gasteiger partial charge in [-0.2, -0.15) is 35.9 Å². The summed E-state index contributed by atoms with van der Waals surface area (Å²) in [6.45, 7) is 3.70. The lowest BCUT2D eigenvalue weighted by atomic mass is 9.96. The van der Waals surface area contributed by atoms with Gasteiger partial charge >= 0.3 is 18.3 Å². The van der Waals surface area contributed by atoms with Crippen LogP contribution in [0.15, 0.2) is 84.9 Å². The number of aryl methyl sites for hydroxylation is 2. The zero-order valence-corrected chi connectivity index (χ0v) is 29.7. The first-order chi connectivity index (χ1) is 25.9. The Hall–Kier alpha value is -6.46. The van der Waals surface area contributed by atoms with Crippen molar-refractivity contribution in [2.75, 3.05) is 0 Å². The maximum Gasteiger partial charge on any atom is 0.416 e. The molecule has 0 unspecified atom stereocenters. The SMILES string of the molecule is CC(C)NC(=O)c1ccc(Cc2cccc(C(F)(F)F)c2)c(-c2nnn(C)n2)c1.Cn1nnc(-c2cc(C(=O)O)ccc2Cc2cccc(C(F)(F)F)c2)n1. The van der Waals surface area contributed by atoms with Crippen LogP contribution >= 0.6 is 0 Å². The minimum atomic E-state index is -4.43. The maximum atomic E-state index is 13.0. The molecular formula is C37H33F6N9O3. The van der Waals surface area contributed by atoms with Crippen LogP contribution in [0.5, 0.6) is 0 Å². The van der Waals surface area contributed by atoms with E-state index in [2.05, 4.69) is 36.1 Å². The molecule has 0 aliphatic rings. The molecule has 0 aliphatic carbocycles. The van der Waals surface area contributed by atoms with Crippen molar-refractivity contribution in [3.05, 3.63) is 129 Å². The second kappa shape index (κ2) is 16.3. The van der Waals surface area contributed by atoms with E-state index >= 15 is 0 Å². The van der Waals surface area contributed by atoms with E-state index < -0.39 is 29.4 Å². The van der Waals surface area contributed by atoms with Gasteiger partial charge in [-0.3, -0.25) is 4.79 Å². The monoisotopic (exact) mass is 765 g/mol. The van der Waals surface area contributed by atoms with Crippen LogP contribution in [0, 0.1) is 0 Å². The molecule has 2 N–H and O–H groups in total. The standard InChI is InChI=1S/C20H20F3N5O.C17H13F3N4O2/c1-12(2)24-19(29)15-8-7-14(17(11-15)18-25-27-28(3)26-18)9-13-5-4-6-16(10-13)20(21,22)23;1-24-22-15(21-23-24)14-9-12(16(25)26)6-5-11(14)7-10-3-2-4-13(8-10)17(18,19)20/h4-8,10-12H,9H2,1-3H3,(H,24,29);2-6,8-9H,7H2,1H3,(H,25,26). The minimum absolute atomic E-state index is 0.0280. The molecule has 55 heavy (non-hydrogen) atoms. The zero-order chi connectivity index (χ0) is 40.1. The number of alkyl halides is 6. The van der Waals surface area contributed by atoms with E-state index in [0.717, 1.165) is 24.3 Å². The van der Waals surface area contributed by atoms with E-state index in [-0.39, 0.29) is 36.2 Å². The summed E-state index contributed by atoms with van der Waals surface area (Å²) < 4.78 is 77.8. The fraction of sp³-hybridized carbons (Fsp3) is 0.243. The van der Waals surface area contributed by atoms with Crippen molar-refractivity contribution in [1.82, 2.24) is 45.7 Å². The van der Waals surface area contributed by atoms with Crippen molar-refractivity contribution in [2.45, 2.75) is 45.1 Å². The fourth-order valence-corrected chi connectivity index (χ4v) is 5.44. The highest BCUT2D eigenvalue weighted by Gasteiger charge is 2.31. The van der Waals surface area contributed by atoms with Gasteiger partial charge in [0.05, 0.1) is 30.8 Å². The lowest BCUT2D eigenvalue weighted by Gasteiger charge is -2.13. The first kappa shape index (κ1) is 39.7. The van der Waals surface area contributed by atoms with Crippen LogP contribution in [0.4, 0.5) is 26.3 Å². The maximum absolute atomic E-state index is 13.0. The summed E-state index contributed by atoms with van der Waals surface area (Å²) in [6, 6.07) is 19.4. The number of halogens is 6. The van der Waals surface area contributed by atoms with Crippen LogP contribution < -0.4 is 5.32 Å². The number of carbonyl (C=O) groups is 2. The van der Waals surface area contributed by atoms with Crippen molar-refractivity contribution in [1.29, 1.82) is 0 Å². The topological polar surface area (TPSA) is 154 Å². The molecule has 0 spiro atoms. The number of carbonyl (C=O) groups excluding carboxylic acids is 1. The van der Waals surface area contributed by atoms with Gasteiger partial charge in [0.1, 0.15) is 0 Å². The smallest absolute Gasteiger partial charge is 0.416 e. The molecule has 2 aromatic heterocycles. The zero-order valence-electron chi connectivity index (χ0n) is 29.7. The molecule has 0 aliphatic heterocycles. The molecule has 6 aromatic rings. The molecule has 4 aromatic carbocycles. The predicted molar refractivity (Wildman–Crippen MR) is 187 cm³/mol. The van der Waals surface area contributed by atoms with Crippen LogP contribution in [0.1, 0.15) is 67.9 Å². The van der Waals surface area contributed by atoms with Crippen LogP contribution in [0.25, 0.3) is 22.8 Å². The number of nitrogens with one attached hydrogen (secondary N) is 1. The van der Waals surface area contributed by atoms with E-state index in [9.17, 15) is 41.0 Å². The van der Waals surface area contributed by atoms with Crippen LogP contribution in [-0.4, -0.2) is 63.4 Å². The van der Waals surface area contributed by atoms with Crippen molar-refractivity contribution in [2.24, 2.45) is 14.1 Å². The molecule has 0 radical (unpaired) electrons. The highest BCUT2D eigenvalue weighted by atomic mass is 19.4. The molecule has 12 nitrogen and oxygen atoms in total. The number of amides is 1. The number of nitrogens with zero attached hydrogens (tertiary/aromatic N) is 8. The summed E-state index contributed by atoms with van der Waals surface area (Å²) >= 11 is 0. The Morgan fingerprint density at radius 1 is 0.673 bits per heavy atom. The Bertz CT molecular complexity index is 2320. The van der Waals surface area contributed by atoms with E-state index in [1.807, 2.05) is 13.8 Å². The van der Waals surface area contributed by atoms with E-state index in [1.165, 1.54) is 33.9 Å². The van der Waals surface area contributed by atoms with Crippen molar-refractivity contribution in [3.8, 4) is 22.8 Å². The Morgan fingerprint density at radius 2 is 1.11 bits per heavy atom. The van der Waals surface area contributed by atoms with Gasteiger partial charge in [-0.15, -0.1) is 20.4 Å². The van der Waals surface area contributed by atoms with Gasteiger partial charge in [0, 0.05) is 22.7 Å². The highest BCUT2D eigenvalue weighted by molar-refractivity contribution is 5.95. The van der Waals surface area contributed by atoms with Crippen LogP contribution in [0.3, 0.4) is 0 Å². The quantitative estimate of drug-likeness (QED) is 0.151. The van der Waals surface area contributed by atoms with E-state index in [1.54, 1.807) is 50.5 Å². The van der Waals surface area contributed by atoms with E-state index in [4.69, 9.17) is 0 Å². The predicted octanol–water partition coefficient (Wildman–Crippen LogP) is 6.81. The van der Waals surface area contributed by atoms with Gasteiger partial charge in [-0.05, 0) is 95.8 Å². The molecule has 6 rings (SSSR count). The number of aromatic carboxylic acids is 1. The number of aromatic nitrogens is 8. The third kappa shape index (κ3) is 10.4. The van der Waals surface area contributed by atoms with E-state index in [0.29, 0.717) is 44.8 Å². The van der Waals surface area contributed by atoms with Gasteiger partial charge in [0.25, 0.3) is 5.91 Å². The number of carboxylic acids is 1. The summed E-state index contributed by atoms with van der Waals surface area (Å²) in [5, 5.41) is 35.6. The first-order valence-corrected chi connectivity index (χ1v) is 16.5. The molecule has 286 valence electrons. The van der Waals surface area contributed by atoms with Crippen molar-refractivity contribution >= 4 is 11.9 Å². The fourth-order valence-electron chi connectivity index (χ4n) is 5.44. The average molecular weight is 766 g/mol. The normalized spacial score (nSPS) is 11.6. The molecule has 2 heterocycles. The molecule has 18 heteroatoms. The highest BCUT2D eigenvalue weighted by Crippen LogP contribution is 2.32. The second-order valence-electron chi connectivity index (χ2n) is 12.6. The first-order valence-electron chi connectivity index (χ1n) is 16.5. The molecular weight excluding hydrogens is 732 g/mol. The summed E-state index contributed by atoms with van der Waals surface area (Å²) in [4.78, 5) is 26.1. The largest absolute Gasteiger partial charge is 0.478 e. The number of tetrazole rings is 2. The molecule has 0 bridgehead atoms. The van der Waals surface area contributed by atoms with Crippen LogP contribution in [-0.2, 0) is 39.3 Å². The van der Waals surface area contributed by atoms with Gasteiger partial charge in [0.2, 0.25) is 11.6 Å². The summed E-state index contributed by atoms with van der Waals surface area (Å²) in [5.74, 6) is -0.872. The minimum Gasteiger partial charge on any atom is -0.478 e. The molecule has 0 fully saturated rings. The third-order valence-corrected chi connectivity index (χ3v) is 7.94. The Balaban J connectivity index is 0.000000212. The van der Waals surface area contributed by atoms with Gasteiger partial charge in [0.15, 0.2) is 0 Å². The second-order valence-corrected chi connectivity index (χ2v) is 12.6. The Morgan fingerprint density at radius 3 is 1.49 bits per heavy atom. The van der Waals surface area contributed by atoms with Crippen molar-refractivity contribution in [3.63, 3.8) is 0 Å². The molecule has 0 saturated heterocycles. The Kier molecular flexibility index (Phi) is 11.8. The summed E-state index contributed by atoms with van der Waals surface area (Å²) in [6.07, 6.45) is -8.45. The lowest BCUT2D eigenvalue weighted by molar-refractivity contribution is -0.138. The van der Waals surface area contributed by atoms with Gasteiger partial charge < -0.3 is 10.4 Å². The Labute approximate surface area is 309 Å². The number of rotatable bonds is 9. The average Bonchev–Trinajstić information content (AvgIpc) is 3.76. The lowest BCUT2D eigenvalue weighted by Crippen LogP contribution is -2.30. The third-order valence-electron chi connectivity index (χ3n) is 7.94. The van der Waals surface area contributed by atoms with Crippen LogP contribution in [0.2, 0.25) is 0 Å². The van der Waals surface area contributed by atoms with Crippen molar-refractivity contribution < 1.29 is 41.0 Å². The van der Waals surface area contributed by atoms with Gasteiger partial charge in [-0.25, -0.2) is 4.79 Å². The number of benzene rings is 4. The molecule has 1 amide bonds. The number of hydrogen-bond donors (Lipinski definition) is 2.